The Bertz CT molecular complexity index is 487. The van der Waals surface area contributed by atoms with Gasteiger partial charge in [-0.05, 0) is 25.0 Å². The molecule has 0 saturated carbocycles. The maximum Gasteiger partial charge on any atom is 0.289 e. The lowest BCUT2D eigenvalue weighted by Crippen LogP contribution is -2.45. The second-order valence-corrected chi connectivity index (χ2v) is 4.49. The highest BCUT2D eigenvalue weighted by atomic mass is 16.3. The van der Waals surface area contributed by atoms with Gasteiger partial charge in [0.2, 0.25) is 5.91 Å². The number of hydrogen-bond donors (Lipinski definition) is 1. The van der Waals surface area contributed by atoms with Gasteiger partial charge in [0.05, 0.1) is 18.7 Å². The number of likely N-dealkylation sites (tertiary alicyclic amines) is 1. The number of furan rings is 1. The highest BCUT2D eigenvalue weighted by molar-refractivity contribution is 5.92. The fourth-order valence-electron chi connectivity index (χ4n) is 2.21. The number of hydrogen-bond acceptors (Lipinski definition) is 3. The molecule has 0 spiro atoms. The van der Waals surface area contributed by atoms with Crippen LogP contribution in [-0.4, -0.2) is 36.3 Å². The van der Waals surface area contributed by atoms with Crippen LogP contribution in [0.15, 0.2) is 22.8 Å². The standard InChI is InChI=1S/C14H16N2O3/c1-2-7-15-13(17)11-5-3-8-16(10-11)14(18)12-6-4-9-19-12/h1,4,6,9,11H,3,5,7-8,10H2,(H,15,17). The number of carbonyl (C=O) groups excluding carboxylic acids is 2. The zero-order valence-electron chi connectivity index (χ0n) is 10.6. The van der Waals surface area contributed by atoms with E-state index in [9.17, 15) is 9.59 Å². The first kappa shape index (κ1) is 13.2. The lowest BCUT2D eigenvalue weighted by Gasteiger charge is -2.31. The van der Waals surface area contributed by atoms with E-state index in [1.165, 1.54) is 6.26 Å². The third-order valence-corrected chi connectivity index (χ3v) is 3.18. The lowest BCUT2D eigenvalue weighted by atomic mass is 9.97. The normalized spacial score (nSPS) is 18.7. The first-order valence-electron chi connectivity index (χ1n) is 6.26. The molecule has 1 fully saturated rings. The van der Waals surface area contributed by atoms with Crippen LogP contribution >= 0.6 is 0 Å². The Balaban J connectivity index is 1.96. The van der Waals surface area contributed by atoms with Crippen molar-refractivity contribution in [3.8, 4) is 12.3 Å². The maximum atomic E-state index is 12.1. The Morgan fingerprint density at radius 1 is 1.58 bits per heavy atom. The lowest BCUT2D eigenvalue weighted by molar-refractivity contribution is -0.126. The number of terminal acetylenes is 1. The molecule has 0 radical (unpaired) electrons. The smallest absolute Gasteiger partial charge is 0.289 e. The zero-order chi connectivity index (χ0) is 13.7. The van der Waals surface area contributed by atoms with E-state index in [-0.39, 0.29) is 24.3 Å². The number of amides is 2. The van der Waals surface area contributed by atoms with E-state index in [4.69, 9.17) is 10.8 Å². The molecule has 1 aliphatic rings. The van der Waals surface area contributed by atoms with Gasteiger partial charge in [0, 0.05) is 13.1 Å². The largest absolute Gasteiger partial charge is 0.459 e. The van der Waals surface area contributed by atoms with Crippen molar-refractivity contribution in [3.63, 3.8) is 0 Å². The van der Waals surface area contributed by atoms with Gasteiger partial charge in [0.1, 0.15) is 0 Å². The molecule has 1 aromatic heterocycles. The molecule has 1 saturated heterocycles. The first-order valence-corrected chi connectivity index (χ1v) is 6.26. The number of nitrogens with zero attached hydrogens (tertiary/aromatic N) is 1. The summed E-state index contributed by atoms with van der Waals surface area (Å²) < 4.78 is 5.09. The minimum atomic E-state index is -0.194. The average molecular weight is 260 g/mol. The van der Waals surface area contributed by atoms with Crippen molar-refractivity contribution in [2.45, 2.75) is 12.8 Å². The molecular formula is C14H16N2O3. The van der Waals surface area contributed by atoms with E-state index in [2.05, 4.69) is 11.2 Å². The number of piperidine rings is 1. The molecule has 0 bridgehead atoms. The molecule has 19 heavy (non-hydrogen) atoms. The van der Waals surface area contributed by atoms with Gasteiger partial charge >= 0.3 is 0 Å². The summed E-state index contributed by atoms with van der Waals surface area (Å²) in [7, 11) is 0. The Kier molecular flexibility index (Phi) is 4.24. The van der Waals surface area contributed by atoms with Gasteiger partial charge in [-0.15, -0.1) is 6.42 Å². The molecule has 2 heterocycles. The second-order valence-electron chi connectivity index (χ2n) is 4.49. The van der Waals surface area contributed by atoms with Crippen molar-refractivity contribution in [2.75, 3.05) is 19.6 Å². The summed E-state index contributed by atoms with van der Waals surface area (Å²) in [5.41, 5.74) is 0. The van der Waals surface area contributed by atoms with Crippen molar-refractivity contribution in [3.05, 3.63) is 24.2 Å². The fraction of sp³-hybridized carbons (Fsp3) is 0.429. The first-order chi connectivity index (χ1) is 9.22. The summed E-state index contributed by atoms with van der Waals surface area (Å²) in [6, 6.07) is 3.30. The molecule has 1 aliphatic heterocycles. The molecule has 5 nitrogen and oxygen atoms in total. The Morgan fingerprint density at radius 2 is 2.42 bits per heavy atom. The van der Waals surface area contributed by atoms with Gasteiger partial charge < -0.3 is 14.6 Å². The van der Waals surface area contributed by atoms with E-state index in [0.29, 0.717) is 18.8 Å². The van der Waals surface area contributed by atoms with Gasteiger partial charge in [0.15, 0.2) is 5.76 Å². The molecule has 0 aromatic carbocycles. The topological polar surface area (TPSA) is 62.6 Å². The molecule has 1 aromatic rings. The second kappa shape index (κ2) is 6.10. The van der Waals surface area contributed by atoms with Gasteiger partial charge in [0.25, 0.3) is 5.91 Å². The van der Waals surface area contributed by atoms with Crippen LogP contribution in [0.1, 0.15) is 23.4 Å². The molecule has 2 amide bonds. The molecule has 1 N–H and O–H groups in total. The van der Waals surface area contributed by atoms with Crippen LogP contribution in [-0.2, 0) is 4.79 Å². The summed E-state index contributed by atoms with van der Waals surface area (Å²) in [5.74, 6) is 2.23. The Labute approximate surface area is 112 Å². The van der Waals surface area contributed by atoms with E-state index in [1.807, 2.05) is 0 Å². The van der Waals surface area contributed by atoms with Crippen molar-refractivity contribution in [2.24, 2.45) is 5.92 Å². The Hall–Kier alpha value is -2.22. The van der Waals surface area contributed by atoms with Crippen molar-refractivity contribution < 1.29 is 14.0 Å². The quantitative estimate of drug-likeness (QED) is 0.821. The molecule has 0 aliphatic carbocycles. The summed E-state index contributed by atoms with van der Waals surface area (Å²) in [6.45, 7) is 1.29. The van der Waals surface area contributed by atoms with Crippen LogP contribution < -0.4 is 5.32 Å². The predicted octanol–water partition coefficient (Wildman–Crippen LogP) is 0.881. The van der Waals surface area contributed by atoms with Crippen molar-refractivity contribution in [1.29, 1.82) is 0 Å². The highest BCUT2D eigenvalue weighted by Crippen LogP contribution is 2.19. The third kappa shape index (κ3) is 3.16. The van der Waals surface area contributed by atoms with Crippen LogP contribution in [0.2, 0.25) is 0 Å². The van der Waals surface area contributed by atoms with Crippen LogP contribution in [0.3, 0.4) is 0 Å². The molecular weight excluding hydrogens is 244 g/mol. The van der Waals surface area contributed by atoms with Crippen LogP contribution in [0.25, 0.3) is 0 Å². The highest BCUT2D eigenvalue weighted by Gasteiger charge is 2.29. The SMILES string of the molecule is C#CCNC(=O)C1CCCN(C(=O)c2ccco2)C1. The van der Waals surface area contributed by atoms with E-state index >= 15 is 0 Å². The van der Waals surface area contributed by atoms with Gasteiger partial charge in [-0.3, -0.25) is 9.59 Å². The van der Waals surface area contributed by atoms with Crippen molar-refractivity contribution >= 4 is 11.8 Å². The van der Waals surface area contributed by atoms with Crippen LogP contribution in [0.5, 0.6) is 0 Å². The minimum absolute atomic E-state index is 0.0881. The zero-order valence-corrected chi connectivity index (χ0v) is 10.6. The van der Waals surface area contributed by atoms with Gasteiger partial charge in [-0.2, -0.15) is 0 Å². The summed E-state index contributed by atoms with van der Waals surface area (Å²) in [4.78, 5) is 25.6. The number of rotatable bonds is 3. The van der Waals surface area contributed by atoms with E-state index in [0.717, 1.165) is 12.8 Å². The van der Waals surface area contributed by atoms with Gasteiger partial charge in [-0.1, -0.05) is 5.92 Å². The fourth-order valence-corrected chi connectivity index (χ4v) is 2.21. The molecule has 2 rings (SSSR count). The monoisotopic (exact) mass is 260 g/mol. The summed E-state index contributed by atoms with van der Waals surface area (Å²) in [5, 5.41) is 2.66. The predicted molar refractivity (Wildman–Crippen MR) is 69.2 cm³/mol. The van der Waals surface area contributed by atoms with Crippen molar-refractivity contribution in [1.82, 2.24) is 10.2 Å². The van der Waals surface area contributed by atoms with Crippen LogP contribution in [0, 0.1) is 18.3 Å². The van der Waals surface area contributed by atoms with E-state index < -0.39 is 0 Å². The molecule has 1 unspecified atom stereocenters. The summed E-state index contributed by atoms with van der Waals surface area (Å²) >= 11 is 0. The number of nitrogens with one attached hydrogen (secondary N) is 1. The average Bonchev–Trinajstić information content (AvgIpc) is 2.98. The van der Waals surface area contributed by atoms with Crippen LogP contribution in [0.4, 0.5) is 0 Å². The Morgan fingerprint density at radius 3 is 3.11 bits per heavy atom. The van der Waals surface area contributed by atoms with E-state index in [1.54, 1.807) is 17.0 Å². The molecule has 100 valence electrons. The molecule has 5 heteroatoms. The third-order valence-electron chi connectivity index (χ3n) is 3.18. The van der Waals surface area contributed by atoms with Gasteiger partial charge in [-0.25, -0.2) is 0 Å². The number of carbonyl (C=O) groups is 2. The summed E-state index contributed by atoms with van der Waals surface area (Å²) in [6.07, 6.45) is 8.15. The maximum absolute atomic E-state index is 12.1. The molecule has 1 atom stereocenters. The minimum Gasteiger partial charge on any atom is -0.459 e.